The van der Waals surface area contributed by atoms with Gasteiger partial charge in [-0.15, -0.1) is 0 Å². The Hall–Kier alpha value is -3.49. The molecular formula is C25H23FN2O4S. The van der Waals surface area contributed by atoms with E-state index in [1.165, 1.54) is 40.7 Å². The van der Waals surface area contributed by atoms with E-state index in [0.717, 1.165) is 10.9 Å². The van der Waals surface area contributed by atoms with Crippen LogP contribution in [0.5, 0.6) is 5.75 Å². The van der Waals surface area contributed by atoms with Gasteiger partial charge in [0.05, 0.1) is 12.0 Å². The summed E-state index contributed by atoms with van der Waals surface area (Å²) < 4.78 is 46.9. The van der Waals surface area contributed by atoms with Crippen molar-refractivity contribution in [3.63, 3.8) is 0 Å². The van der Waals surface area contributed by atoms with Gasteiger partial charge in [-0.1, -0.05) is 29.8 Å². The second-order valence-corrected chi connectivity index (χ2v) is 9.73. The number of hydrogen-bond donors (Lipinski definition) is 1. The van der Waals surface area contributed by atoms with Gasteiger partial charge in [0, 0.05) is 29.6 Å². The first-order valence-corrected chi connectivity index (χ1v) is 11.7. The van der Waals surface area contributed by atoms with Crippen LogP contribution < -0.4 is 10.3 Å². The zero-order chi connectivity index (χ0) is 23.6. The Labute approximate surface area is 191 Å². The smallest absolute Gasteiger partial charge is 0.252 e. The van der Waals surface area contributed by atoms with Crippen LogP contribution in [0.25, 0.3) is 10.9 Å². The molecule has 0 radical (unpaired) electrons. The standard InChI is InChI=1S/C25H23FN2O4S/c1-17-3-10-23(11-4-17)33(30,31)28(15-18-5-7-21(26)8-6-18)16-20-13-19-14-22(32-2)9-12-24(19)27-25(20)29/h3-14H,15-16H2,1-2H3,(H,27,29). The first-order valence-electron chi connectivity index (χ1n) is 10.3. The molecule has 1 aromatic heterocycles. The van der Waals surface area contributed by atoms with Gasteiger partial charge in [0.2, 0.25) is 10.0 Å². The minimum Gasteiger partial charge on any atom is -0.497 e. The Kier molecular flexibility index (Phi) is 6.31. The predicted molar refractivity (Wildman–Crippen MR) is 125 cm³/mol. The lowest BCUT2D eigenvalue weighted by atomic mass is 10.1. The second-order valence-electron chi connectivity index (χ2n) is 7.79. The molecule has 0 bridgehead atoms. The topological polar surface area (TPSA) is 79.5 Å². The first-order chi connectivity index (χ1) is 15.8. The molecule has 1 heterocycles. The number of fused-ring (bicyclic) bond motifs is 1. The lowest BCUT2D eigenvalue weighted by Crippen LogP contribution is -2.32. The highest BCUT2D eigenvalue weighted by atomic mass is 32.2. The molecule has 0 atom stereocenters. The van der Waals surface area contributed by atoms with Crippen molar-refractivity contribution >= 4 is 20.9 Å². The zero-order valence-electron chi connectivity index (χ0n) is 18.2. The quantitative estimate of drug-likeness (QED) is 0.439. The van der Waals surface area contributed by atoms with E-state index in [9.17, 15) is 17.6 Å². The van der Waals surface area contributed by atoms with Gasteiger partial charge in [-0.05, 0) is 61.0 Å². The van der Waals surface area contributed by atoms with Crippen LogP contribution in [0.15, 0.2) is 82.5 Å². The van der Waals surface area contributed by atoms with E-state index in [2.05, 4.69) is 4.98 Å². The molecule has 0 saturated carbocycles. The van der Waals surface area contributed by atoms with E-state index in [4.69, 9.17) is 4.74 Å². The summed E-state index contributed by atoms with van der Waals surface area (Å²) in [6.45, 7) is 1.69. The minimum absolute atomic E-state index is 0.0217. The van der Waals surface area contributed by atoms with Crippen molar-refractivity contribution in [2.24, 2.45) is 0 Å². The Bertz CT molecular complexity index is 1450. The lowest BCUT2D eigenvalue weighted by Gasteiger charge is -2.22. The summed E-state index contributed by atoms with van der Waals surface area (Å²) in [5, 5.41) is 0.721. The summed E-state index contributed by atoms with van der Waals surface area (Å²) in [7, 11) is -2.40. The van der Waals surface area contributed by atoms with Crippen LogP contribution in [0.3, 0.4) is 0 Å². The summed E-state index contributed by atoms with van der Waals surface area (Å²) >= 11 is 0. The number of benzene rings is 3. The Morgan fingerprint density at radius 3 is 2.30 bits per heavy atom. The highest BCUT2D eigenvalue weighted by molar-refractivity contribution is 7.89. The third kappa shape index (κ3) is 4.97. The number of nitrogens with zero attached hydrogens (tertiary/aromatic N) is 1. The number of nitrogens with one attached hydrogen (secondary N) is 1. The van der Waals surface area contributed by atoms with Crippen LogP contribution in [0, 0.1) is 12.7 Å². The van der Waals surface area contributed by atoms with Crippen molar-refractivity contribution in [3.05, 3.63) is 106 Å². The number of H-pyrrole nitrogens is 1. The summed E-state index contributed by atoms with van der Waals surface area (Å²) in [6.07, 6.45) is 0. The molecular weight excluding hydrogens is 443 g/mol. The third-order valence-electron chi connectivity index (χ3n) is 5.41. The van der Waals surface area contributed by atoms with Crippen molar-refractivity contribution in [1.29, 1.82) is 0 Å². The molecule has 4 aromatic rings. The monoisotopic (exact) mass is 466 g/mol. The van der Waals surface area contributed by atoms with Gasteiger partial charge in [0.15, 0.2) is 0 Å². The molecule has 1 N–H and O–H groups in total. The molecule has 33 heavy (non-hydrogen) atoms. The van der Waals surface area contributed by atoms with Gasteiger partial charge in [0.25, 0.3) is 5.56 Å². The SMILES string of the molecule is COc1ccc2[nH]c(=O)c(CN(Cc3ccc(F)cc3)S(=O)(=O)c3ccc(C)cc3)cc2c1. The number of methoxy groups -OCH3 is 1. The summed E-state index contributed by atoms with van der Waals surface area (Å²) in [5.41, 5.74) is 2.06. The van der Waals surface area contributed by atoms with Crippen LogP contribution in [-0.4, -0.2) is 24.8 Å². The predicted octanol–water partition coefficient (Wildman–Crippen LogP) is 4.38. The molecule has 3 aromatic carbocycles. The molecule has 0 spiro atoms. The van der Waals surface area contributed by atoms with Crippen LogP contribution in [0.2, 0.25) is 0 Å². The number of aryl methyl sites for hydroxylation is 1. The highest BCUT2D eigenvalue weighted by Crippen LogP contribution is 2.23. The van der Waals surface area contributed by atoms with Gasteiger partial charge >= 0.3 is 0 Å². The van der Waals surface area contributed by atoms with Crippen molar-refractivity contribution < 1.29 is 17.5 Å². The maximum Gasteiger partial charge on any atom is 0.252 e. The van der Waals surface area contributed by atoms with E-state index < -0.39 is 15.8 Å². The molecule has 0 saturated heterocycles. The fourth-order valence-electron chi connectivity index (χ4n) is 3.54. The number of aromatic nitrogens is 1. The van der Waals surface area contributed by atoms with Gasteiger partial charge in [-0.25, -0.2) is 12.8 Å². The molecule has 0 aliphatic carbocycles. The maximum atomic E-state index is 13.5. The molecule has 0 aliphatic heterocycles. The number of halogens is 1. The van der Waals surface area contributed by atoms with Gasteiger partial charge in [-0.2, -0.15) is 4.31 Å². The van der Waals surface area contributed by atoms with E-state index in [1.807, 2.05) is 6.92 Å². The summed E-state index contributed by atoms with van der Waals surface area (Å²) in [6, 6.07) is 19.0. The maximum absolute atomic E-state index is 13.5. The van der Waals surface area contributed by atoms with Crippen LogP contribution >= 0.6 is 0 Å². The Balaban J connectivity index is 1.77. The first kappa shape index (κ1) is 22.7. The fourth-order valence-corrected chi connectivity index (χ4v) is 4.95. The summed E-state index contributed by atoms with van der Waals surface area (Å²) in [5.74, 6) is 0.211. The highest BCUT2D eigenvalue weighted by Gasteiger charge is 2.26. The van der Waals surface area contributed by atoms with E-state index in [0.29, 0.717) is 16.8 Å². The van der Waals surface area contributed by atoms with Crippen LogP contribution in [0.1, 0.15) is 16.7 Å². The van der Waals surface area contributed by atoms with E-state index >= 15 is 0 Å². The summed E-state index contributed by atoms with van der Waals surface area (Å²) in [4.78, 5) is 15.7. The lowest BCUT2D eigenvalue weighted by molar-refractivity contribution is 0.399. The van der Waals surface area contributed by atoms with Gasteiger partial charge < -0.3 is 9.72 Å². The molecule has 0 amide bonds. The molecule has 0 fully saturated rings. The van der Waals surface area contributed by atoms with Crippen molar-refractivity contribution in [2.75, 3.05) is 7.11 Å². The van der Waals surface area contributed by atoms with Crippen molar-refractivity contribution in [1.82, 2.24) is 9.29 Å². The number of ether oxygens (including phenoxy) is 1. The normalized spacial score (nSPS) is 11.8. The molecule has 170 valence electrons. The number of pyridine rings is 1. The average Bonchev–Trinajstić information content (AvgIpc) is 2.80. The second kappa shape index (κ2) is 9.17. The van der Waals surface area contributed by atoms with E-state index in [-0.39, 0.29) is 29.1 Å². The largest absolute Gasteiger partial charge is 0.497 e. The third-order valence-corrected chi connectivity index (χ3v) is 7.21. The molecule has 0 aliphatic rings. The van der Waals surface area contributed by atoms with Crippen molar-refractivity contribution in [2.45, 2.75) is 24.9 Å². The molecule has 8 heteroatoms. The average molecular weight is 467 g/mol. The number of hydrogen-bond acceptors (Lipinski definition) is 4. The van der Waals surface area contributed by atoms with Gasteiger partial charge in [-0.3, -0.25) is 4.79 Å². The minimum atomic E-state index is -3.95. The van der Waals surface area contributed by atoms with Gasteiger partial charge in [0.1, 0.15) is 11.6 Å². The Morgan fingerprint density at radius 1 is 0.939 bits per heavy atom. The van der Waals surface area contributed by atoms with Crippen LogP contribution in [-0.2, 0) is 23.1 Å². The number of rotatable bonds is 7. The van der Waals surface area contributed by atoms with E-state index in [1.54, 1.807) is 43.5 Å². The number of sulfonamides is 1. The van der Waals surface area contributed by atoms with Crippen molar-refractivity contribution in [3.8, 4) is 5.75 Å². The molecule has 0 unspecified atom stereocenters. The molecule has 6 nitrogen and oxygen atoms in total. The fraction of sp³-hybridized carbons (Fsp3) is 0.160. The van der Waals surface area contributed by atoms with Crippen LogP contribution in [0.4, 0.5) is 4.39 Å². The zero-order valence-corrected chi connectivity index (χ0v) is 19.0. The molecule has 4 rings (SSSR count). The number of aromatic amines is 1. The Morgan fingerprint density at radius 2 is 1.64 bits per heavy atom.